The quantitative estimate of drug-likeness (QED) is 0.284. The minimum atomic E-state index is -0.646. The van der Waals surface area contributed by atoms with Crippen molar-refractivity contribution in [2.24, 2.45) is 0 Å². The number of nitrogens with zero attached hydrogens (tertiary/aromatic N) is 6. The summed E-state index contributed by atoms with van der Waals surface area (Å²) >= 11 is 0. The second kappa shape index (κ2) is 11.8. The zero-order valence-corrected chi connectivity index (χ0v) is 27.0. The third-order valence-corrected chi connectivity index (χ3v) is 10.6. The molecule has 2 aromatic carbocycles. The van der Waals surface area contributed by atoms with Crippen molar-refractivity contribution in [2.75, 3.05) is 51.8 Å². The van der Waals surface area contributed by atoms with E-state index >= 15 is 4.39 Å². The number of carbonyl (C=O) groups is 1. The zero-order chi connectivity index (χ0) is 33.2. The van der Waals surface area contributed by atoms with Crippen LogP contribution in [0.4, 0.5) is 19.4 Å². The molecule has 2 aromatic heterocycles. The van der Waals surface area contributed by atoms with Crippen molar-refractivity contribution in [3.8, 4) is 29.6 Å². The third-order valence-electron chi connectivity index (χ3n) is 10.6. The van der Waals surface area contributed by atoms with Crippen molar-refractivity contribution in [3.05, 3.63) is 53.7 Å². The van der Waals surface area contributed by atoms with Gasteiger partial charge in [0.05, 0.1) is 16.5 Å². The number of anilines is 1. The van der Waals surface area contributed by atoms with Gasteiger partial charge < -0.3 is 24.6 Å². The topological polar surface area (TPSA) is 95.9 Å². The summed E-state index contributed by atoms with van der Waals surface area (Å²) in [6.45, 7) is 3.09. The Morgan fingerprint density at radius 3 is 2.85 bits per heavy atom. The highest BCUT2D eigenvalue weighted by atomic mass is 19.1. The Morgan fingerprint density at radius 2 is 2.08 bits per heavy atom. The largest absolute Gasteiger partial charge is 0.461 e. The van der Waals surface area contributed by atoms with Gasteiger partial charge in [0.15, 0.2) is 5.82 Å². The molecule has 8 rings (SSSR count). The number of hydrogen-bond donors (Lipinski definition) is 1. The molecule has 0 radical (unpaired) electrons. The Kier molecular flexibility index (Phi) is 7.57. The van der Waals surface area contributed by atoms with E-state index in [-0.39, 0.29) is 46.5 Å². The predicted octanol–water partition coefficient (Wildman–Crippen LogP) is 4.73. The molecule has 48 heavy (non-hydrogen) atoms. The van der Waals surface area contributed by atoms with Gasteiger partial charge in [-0.2, -0.15) is 9.97 Å². The SMILES string of the molecule is C#Cc1c(F)ccc2cccc(-c3ncc4c(N5C[C@H]6C[C@@H]5CN6)nc(OC[C@]56CCCN5[C@@H](COC(=O)N(C)C)CC6)nc4c3F)c12. The maximum Gasteiger partial charge on any atom is 0.409 e. The normalized spacial score (nSPS) is 24.7. The van der Waals surface area contributed by atoms with Crippen LogP contribution in [0, 0.1) is 24.0 Å². The number of piperazine rings is 1. The lowest BCUT2D eigenvalue weighted by Crippen LogP contribution is -2.48. The van der Waals surface area contributed by atoms with Gasteiger partial charge in [0, 0.05) is 62.5 Å². The lowest BCUT2D eigenvalue weighted by Gasteiger charge is -2.34. The van der Waals surface area contributed by atoms with Gasteiger partial charge in [0.25, 0.3) is 0 Å². The number of hydrogen-bond acceptors (Lipinski definition) is 9. The highest BCUT2D eigenvalue weighted by Crippen LogP contribution is 2.43. The number of benzene rings is 2. The molecule has 4 aliphatic heterocycles. The summed E-state index contributed by atoms with van der Waals surface area (Å²) < 4.78 is 43.6. The number of fused-ring (bicyclic) bond motifs is 5. The fraction of sp³-hybridized carbons (Fsp3) is 0.444. The number of aromatic nitrogens is 3. The van der Waals surface area contributed by atoms with Gasteiger partial charge in [-0.3, -0.25) is 9.88 Å². The Labute approximate surface area is 277 Å². The predicted molar refractivity (Wildman–Crippen MR) is 178 cm³/mol. The minimum absolute atomic E-state index is 0.0295. The van der Waals surface area contributed by atoms with Crippen LogP contribution in [0.15, 0.2) is 36.5 Å². The van der Waals surface area contributed by atoms with Crippen molar-refractivity contribution >= 4 is 33.6 Å². The summed E-state index contributed by atoms with van der Waals surface area (Å²) in [6, 6.07) is 8.98. The maximum absolute atomic E-state index is 16.8. The molecule has 4 fully saturated rings. The summed E-state index contributed by atoms with van der Waals surface area (Å²) in [6.07, 6.45) is 11.7. The smallest absolute Gasteiger partial charge is 0.409 e. The van der Waals surface area contributed by atoms with Crippen LogP contribution in [0.5, 0.6) is 6.01 Å². The molecule has 0 spiro atoms. The molecule has 6 heterocycles. The summed E-state index contributed by atoms with van der Waals surface area (Å²) in [5, 5.41) is 5.11. The molecule has 0 unspecified atom stereocenters. The van der Waals surface area contributed by atoms with E-state index in [4.69, 9.17) is 20.9 Å². The highest BCUT2D eigenvalue weighted by molar-refractivity contribution is 6.02. The fourth-order valence-electron chi connectivity index (χ4n) is 8.29. The number of rotatable bonds is 7. The molecule has 12 heteroatoms. The first-order valence-electron chi connectivity index (χ1n) is 16.5. The molecule has 248 valence electrons. The number of ether oxygens (including phenoxy) is 2. The van der Waals surface area contributed by atoms with Gasteiger partial charge in [-0.1, -0.05) is 30.2 Å². The molecule has 4 aromatic rings. The van der Waals surface area contributed by atoms with Gasteiger partial charge in [-0.05, 0) is 50.1 Å². The Bertz CT molecular complexity index is 1980. The maximum atomic E-state index is 16.8. The number of amides is 1. The van der Waals surface area contributed by atoms with E-state index in [1.165, 1.54) is 11.0 Å². The van der Waals surface area contributed by atoms with E-state index in [1.807, 2.05) is 6.07 Å². The first-order valence-corrected chi connectivity index (χ1v) is 16.5. The van der Waals surface area contributed by atoms with E-state index in [9.17, 15) is 9.18 Å². The monoisotopic (exact) mass is 653 g/mol. The summed E-state index contributed by atoms with van der Waals surface area (Å²) in [7, 11) is 3.34. The van der Waals surface area contributed by atoms with E-state index in [1.54, 1.807) is 38.5 Å². The number of carbonyl (C=O) groups excluding carboxylic acids is 1. The van der Waals surface area contributed by atoms with E-state index in [0.29, 0.717) is 46.8 Å². The standard InChI is InChI=1S/C36H37F2N7O3/c1-4-25-28(37)10-9-21-7-5-8-26(29(21)25)31-30(38)32-27(17-40-31)33(44-18-22-15-24(44)16-39-22)42-34(41-32)48-20-36-12-6-14-45(36)23(11-13-36)19-47-35(46)43(2)3/h1,5,7-10,17,22-24,39H,6,11-16,18-20H2,2-3H3/t22-,23-,24-,36-/m1/s1. The Morgan fingerprint density at radius 1 is 1.21 bits per heavy atom. The van der Waals surface area contributed by atoms with Crippen LogP contribution >= 0.6 is 0 Å². The van der Waals surface area contributed by atoms with Crippen LogP contribution in [-0.4, -0.2) is 101 Å². The van der Waals surface area contributed by atoms with Crippen LogP contribution in [0.1, 0.15) is 37.7 Å². The van der Waals surface area contributed by atoms with Gasteiger partial charge in [-0.15, -0.1) is 6.42 Å². The van der Waals surface area contributed by atoms with E-state index in [0.717, 1.165) is 51.7 Å². The van der Waals surface area contributed by atoms with Crippen LogP contribution in [0.3, 0.4) is 0 Å². The summed E-state index contributed by atoms with van der Waals surface area (Å²) in [5.74, 6) is 1.84. The average Bonchev–Trinajstić information content (AvgIpc) is 3.89. The van der Waals surface area contributed by atoms with Gasteiger partial charge in [0.2, 0.25) is 0 Å². The molecular weight excluding hydrogens is 616 g/mol. The van der Waals surface area contributed by atoms with Crippen LogP contribution < -0.4 is 15.0 Å². The van der Waals surface area contributed by atoms with Crippen molar-refractivity contribution in [3.63, 3.8) is 0 Å². The Balaban J connectivity index is 1.17. The number of halogens is 2. The van der Waals surface area contributed by atoms with Crippen LogP contribution in [0.25, 0.3) is 32.9 Å². The molecular formula is C36H37F2N7O3. The number of pyridine rings is 1. The molecule has 2 bridgehead atoms. The molecule has 4 aliphatic rings. The highest BCUT2D eigenvalue weighted by Gasteiger charge is 2.50. The molecule has 4 atom stereocenters. The van der Waals surface area contributed by atoms with Crippen molar-refractivity contribution in [2.45, 2.75) is 55.8 Å². The fourth-order valence-corrected chi connectivity index (χ4v) is 8.29. The van der Waals surface area contributed by atoms with E-state index in [2.05, 4.69) is 31.0 Å². The Hall–Kier alpha value is -4.60. The molecule has 0 aliphatic carbocycles. The lowest BCUT2D eigenvalue weighted by molar-refractivity contribution is 0.0484. The zero-order valence-electron chi connectivity index (χ0n) is 27.0. The second-order valence-electron chi connectivity index (χ2n) is 13.6. The molecule has 4 saturated heterocycles. The second-order valence-corrected chi connectivity index (χ2v) is 13.6. The van der Waals surface area contributed by atoms with Crippen molar-refractivity contribution in [1.29, 1.82) is 0 Å². The molecule has 1 N–H and O–H groups in total. The molecule has 1 amide bonds. The summed E-state index contributed by atoms with van der Waals surface area (Å²) in [5.41, 5.74) is 0.321. The van der Waals surface area contributed by atoms with Crippen molar-refractivity contribution in [1.82, 2.24) is 30.1 Å². The molecule has 10 nitrogen and oxygen atoms in total. The third kappa shape index (κ3) is 4.99. The number of nitrogens with one attached hydrogen (secondary N) is 1. The summed E-state index contributed by atoms with van der Waals surface area (Å²) in [4.78, 5) is 32.3. The average molecular weight is 654 g/mol. The van der Waals surface area contributed by atoms with E-state index < -0.39 is 11.6 Å². The lowest BCUT2D eigenvalue weighted by atomic mass is 9.95. The van der Waals surface area contributed by atoms with Gasteiger partial charge in [-0.25, -0.2) is 13.6 Å². The van der Waals surface area contributed by atoms with Crippen LogP contribution in [0.2, 0.25) is 0 Å². The number of terminal acetylenes is 1. The van der Waals surface area contributed by atoms with Crippen LogP contribution in [-0.2, 0) is 4.74 Å². The van der Waals surface area contributed by atoms with Crippen molar-refractivity contribution < 1.29 is 23.0 Å². The minimum Gasteiger partial charge on any atom is -0.461 e. The first-order chi connectivity index (χ1) is 23.3. The first kappa shape index (κ1) is 30.7. The molecule has 0 saturated carbocycles. The van der Waals surface area contributed by atoms with Gasteiger partial charge in [0.1, 0.15) is 36.1 Å². The van der Waals surface area contributed by atoms with Gasteiger partial charge >= 0.3 is 12.1 Å².